The summed E-state index contributed by atoms with van der Waals surface area (Å²) in [6, 6.07) is 3.90. The lowest BCUT2D eigenvalue weighted by molar-refractivity contribution is 0.106. The first-order valence-electron chi connectivity index (χ1n) is 5.31. The highest BCUT2D eigenvalue weighted by Crippen LogP contribution is 2.33. The molecule has 1 nitrogen and oxygen atoms in total. The third kappa shape index (κ3) is 2.17. The van der Waals surface area contributed by atoms with Gasteiger partial charge in [-0.1, -0.05) is 18.9 Å². The molecule has 0 saturated heterocycles. The van der Waals surface area contributed by atoms with Crippen LogP contribution in [0.25, 0.3) is 0 Å². The van der Waals surface area contributed by atoms with E-state index in [1.807, 2.05) is 0 Å². The Morgan fingerprint density at radius 3 is 2.47 bits per heavy atom. The Kier molecular flexibility index (Phi) is 3.00. The van der Waals surface area contributed by atoms with Crippen molar-refractivity contribution in [2.45, 2.75) is 37.7 Å². The minimum atomic E-state index is -0.830. The fourth-order valence-electron chi connectivity index (χ4n) is 2.24. The van der Waals surface area contributed by atoms with Gasteiger partial charge >= 0.3 is 0 Å². The molecule has 1 aliphatic carbocycles. The summed E-state index contributed by atoms with van der Waals surface area (Å²) in [6.07, 6.45) is 3.25. The van der Waals surface area contributed by atoms with Crippen molar-refractivity contribution in [2.75, 3.05) is 0 Å². The van der Waals surface area contributed by atoms with E-state index in [1.165, 1.54) is 6.07 Å². The summed E-state index contributed by atoms with van der Waals surface area (Å²) in [5, 5.41) is 9.77. The third-order valence-electron chi connectivity index (χ3n) is 3.10. The second kappa shape index (κ2) is 4.27. The zero-order valence-corrected chi connectivity index (χ0v) is 8.42. The SMILES string of the molecule is OC1CCCCC1c1ccc(F)c(F)c1. The summed E-state index contributed by atoms with van der Waals surface area (Å²) in [5.74, 6) is -1.69. The lowest BCUT2D eigenvalue weighted by atomic mass is 9.82. The average Bonchev–Trinajstić information content (AvgIpc) is 2.23. The van der Waals surface area contributed by atoms with Crippen LogP contribution in [0.15, 0.2) is 18.2 Å². The molecule has 1 saturated carbocycles. The van der Waals surface area contributed by atoms with Crippen molar-refractivity contribution in [3.63, 3.8) is 0 Å². The van der Waals surface area contributed by atoms with Gasteiger partial charge in [0.05, 0.1) is 6.10 Å². The molecule has 82 valence electrons. The van der Waals surface area contributed by atoms with Gasteiger partial charge in [-0.2, -0.15) is 0 Å². The predicted molar refractivity (Wildman–Crippen MR) is 53.6 cm³/mol. The molecule has 2 rings (SSSR count). The zero-order chi connectivity index (χ0) is 10.8. The fourth-order valence-corrected chi connectivity index (χ4v) is 2.24. The van der Waals surface area contributed by atoms with E-state index in [4.69, 9.17) is 0 Å². The Balaban J connectivity index is 2.24. The highest BCUT2D eigenvalue weighted by molar-refractivity contribution is 5.23. The average molecular weight is 212 g/mol. The molecule has 0 radical (unpaired) electrons. The van der Waals surface area contributed by atoms with E-state index >= 15 is 0 Å². The van der Waals surface area contributed by atoms with E-state index in [1.54, 1.807) is 6.07 Å². The fraction of sp³-hybridized carbons (Fsp3) is 0.500. The van der Waals surface area contributed by atoms with Crippen molar-refractivity contribution in [3.8, 4) is 0 Å². The first kappa shape index (κ1) is 10.6. The second-order valence-corrected chi connectivity index (χ2v) is 4.13. The number of benzene rings is 1. The second-order valence-electron chi connectivity index (χ2n) is 4.13. The van der Waals surface area contributed by atoms with Crippen LogP contribution in [0.4, 0.5) is 8.78 Å². The number of rotatable bonds is 1. The largest absolute Gasteiger partial charge is 0.392 e. The monoisotopic (exact) mass is 212 g/mol. The van der Waals surface area contributed by atoms with Gasteiger partial charge in [-0.3, -0.25) is 0 Å². The lowest BCUT2D eigenvalue weighted by Crippen LogP contribution is -2.22. The van der Waals surface area contributed by atoms with E-state index in [2.05, 4.69) is 0 Å². The molecular formula is C12H14F2O. The molecule has 0 spiro atoms. The van der Waals surface area contributed by atoms with Crippen LogP contribution in [-0.2, 0) is 0 Å². The van der Waals surface area contributed by atoms with Gasteiger partial charge in [-0.05, 0) is 30.5 Å². The molecule has 2 atom stereocenters. The normalized spacial score (nSPS) is 26.6. The first-order valence-corrected chi connectivity index (χ1v) is 5.31. The minimum absolute atomic E-state index is 0.0335. The van der Waals surface area contributed by atoms with E-state index in [9.17, 15) is 13.9 Å². The molecule has 1 N–H and O–H groups in total. The highest BCUT2D eigenvalue weighted by atomic mass is 19.2. The maximum Gasteiger partial charge on any atom is 0.159 e. The highest BCUT2D eigenvalue weighted by Gasteiger charge is 2.25. The quantitative estimate of drug-likeness (QED) is 0.758. The van der Waals surface area contributed by atoms with E-state index < -0.39 is 17.7 Å². The van der Waals surface area contributed by atoms with Gasteiger partial charge in [0.1, 0.15) is 0 Å². The summed E-state index contributed by atoms with van der Waals surface area (Å²) in [5.41, 5.74) is 0.709. The Morgan fingerprint density at radius 1 is 1.07 bits per heavy atom. The Bertz CT molecular complexity index is 351. The number of halogens is 2. The molecule has 1 aromatic carbocycles. The number of hydrogen-bond acceptors (Lipinski definition) is 1. The molecule has 1 aliphatic rings. The Morgan fingerprint density at radius 2 is 1.80 bits per heavy atom. The van der Waals surface area contributed by atoms with Crippen LogP contribution in [0.2, 0.25) is 0 Å². The molecule has 3 heteroatoms. The van der Waals surface area contributed by atoms with Gasteiger partial charge in [-0.25, -0.2) is 8.78 Å². The molecule has 0 bridgehead atoms. The third-order valence-corrected chi connectivity index (χ3v) is 3.10. The lowest BCUT2D eigenvalue weighted by Gasteiger charge is -2.27. The summed E-state index contributed by atoms with van der Waals surface area (Å²) >= 11 is 0. The molecule has 2 unspecified atom stereocenters. The summed E-state index contributed by atoms with van der Waals surface area (Å²) in [4.78, 5) is 0. The minimum Gasteiger partial charge on any atom is -0.392 e. The van der Waals surface area contributed by atoms with Crippen molar-refractivity contribution >= 4 is 0 Å². The maximum atomic E-state index is 13.0. The van der Waals surface area contributed by atoms with Gasteiger partial charge in [0.15, 0.2) is 11.6 Å². The Hall–Kier alpha value is -0.960. The molecule has 15 heavy (non-hydrogen) atoms. The van der Waals surface area contributed by atoms with Gasteiger partial charge in [0.2, 0.25) is 0 Å². The molecule has 0 amide bonds. The topological polar surface area (TPSA) is 20.2 Å². The summed E-state index contributed by atoms with van der Waals surface area (Å²) < 4.78 is 25.7. The summed E-state index contributed by atoms with van der Waals surface area (Å²) in [7, 11) is 0. The van der Waals surface area contributed by atoms with Crippen molar-refractivity contribution in [1.29, 1.82) is 0 Å². The molecular weight excluding hydrogens is 198 g/mol. The van der Waals surface area contributed by atoms with Crippen LogP contribution in [0.1, 0.15) is 37.2 Å². The van der Waals surface area contributed by atoms with Crippen molar-refractivity contribution in [3.05, 3.63) is 35.4 Å². The van der Waals surface area contributed by atoms with Crippen molar-refractivity contribution < 1.29 is 13.9 Å². The van der Waals surface area contributed by atoms with E-state index in [0.717, 1.165) is 31.7 Å². The van der Waals surface area contributed by atoms with Crippen LogP contribution in [-0.4, -0.2) is 11.2 Å². The van der Waals surface area contributed by atoms with Gasteiger partial charge in [0, 0.05) is 5.92 Å². The number of aliphatic hydroxyl groups is 1. The zero-order valence-electron chi connectivity index (χ0n) is 8.42. The van der Waals surface area contributed by atoms with Crippen LogP contribution in [0, 0.1) is 11.6 Å². The number of hydrogen-bond donors (Lipinski definition) is 1. The van der Waals surface area contributed by atoms with Crippen LogP contribution in [0.3, 0.4) is 0 Å². The van der Waals surface area contributed by atoms with Crippen molar-refractivity contribution in [2.24, 2.45) is 0 Å². The molecule has 0 aromatic heterocycles. The van der Waals surface area contributed by atoms with Gasteiger partial charge in [0.25, 0.3) is 0 Å². The van der Waals surface area contributed by atoms with Crippen LogP contribution < -0.4 is 0 Å². The van der Waals surface area contributed by atoms with Crippen LogP contribution >= 0.6 is 0 Å². The predicted octanol–water partition coefficient (Wildman–Crippen LogP) is 2.98. The molecule has 0 heterocycles. The molecule has 1 fully saturated rings. The van der Waals surface area contributed by atoms with Crippen molar-refractivity contribution in [1.82, 2.24) is 0 Å². The standard InChI is InChI=1S/C12H14F2O/c13-10-6-5-8(7-11(10)14)9-3-1-2-4-12(9)15/h5-7,9,12,15H,1-4H2. The van der Waals surface area contributed by atoms with Gasteiger partial charge in [-0.15, -0.1) is 0 Å². The van der Waals surface area contributed by atoms with Crippen LogP contribution in [0.5, 0.6) is 0 Å². The smallest absolute Gasteiger partial charge is 0.159 e. The first-order chi connectivity index (χ1) is 7.18. The number of aliphatic hydroxyl groups excluding tert-OH is 1. The Labute approximate surface area is 87.7 Å². The summed E-state index contributed by atoms with van der Waals surface area (Å²) in [6.45, 7) is 0. The maximum absolute atomic E-state index is 13.0. The molecule has 1 aromatic rings. The van der Waals surface area contributed by atoms with Gasteiger partial charge < -0.3 is 5.11 Å². The van der Waals surface area contributed by atoms with E-state index in [-0.39, 0.29) is 5.92 Å². The van der Waals surface area contributed by atoms with E-state index in [0.29, 0.717) is 5.56 Å². The molecule has 0 aliphatic heterocycles.